The normalized spacial score (nSPS) is 13.1. The third kappa shape index (κ3) is 5.73. The van der Waals surface area contributed by atoms with Gasteiger partial charge in [-0.3, -0.25) is 0 Å². The molecule has 0 atom stereocenters. The number of aryl methyl sites for hydroxylation is 1. The Hall–Kier alpha value is -7.36. The summed E-state index contributed by atoms with van der Waals surface area (Å²) < 4.78 is 0. The van der Waals surface area contributed by atoms with Crippen molar-refractivity contribution >= 4 is 46.6 Å². The molecule has 0 fully saturated rings. The second kappa shape index (κ2) is 14.2. The Morgan fingerprint density at radius 3 is 1.71 bits per heavy atom. The molecule has 2 heterocycles. The number of anilines is 5. The second-order valence-corrected chi connectivity index (χ2v) is 15.8. The van der Waals surface area contributed by atoms with Crippen molar-refractivity contribution in [1.29, 1.82) is 0 Å². The van der Waals surface area contributed by atoms with Crippen molar-refractivity contribution in [2.45, 2.75) is 12.3 Å². The van der Waals surface area contributed by atoms with Gasteiger partial charge in [-0.1, -0.05) is 187 Å². The summed E-state index contributed by atoms with van der Waals surface area (Å²) in [6.07, 6.45) is 0. The molecule has 59 heavy (non-hydrogen) atoms. The molecule has 0 unspecified atom stereocenters. The molecular formula is C56H41BN2. The SMILES string of the molecule is Cc1cc(-c2cc(-c3ccccc3)ccc2Nc2cccc(-c3ccccc3)c2)c2c(c1)N1c3ccccc3C(c3ccccc3)(c3ccccc3)c3cccc(c31)B2. The average Bonchev–Trinajstić information content (AvgIpc) is 3.30. The Labute approximate surface area is 347 Å². The molecule has 1 N–H and O–H groups in total. The maximum absolute atomic E-state index is 3.90. The molecule has 0 spiro atoms. The Morgan fingerprint density at radius 1 is 0.441 bits per heavy atom. The fourth-order valence-corrected chi connectivity index (χ4v) is 9.83. The number of nitrogens with one attached hydrogen (secondary N) is 1. The van der Waals surface area contributed by atoms with Gasteiger partial charge in [0, 0.05) is 28.3 Å². The van der Waals surface area contributed by atoms with Crippen LogP contribution in [-0.2, 0) is 5.41 Å². The number of hydrogen-bond donors (Lipinski definition) is 1. The smallest absolute Gasteiger partial charge is 0.198 e. The van der Waals surface area contributed by atoms with Crippen LogP contribution in [0.2, 0.25) is 0 Å². The lowest BCUT2D eigenvalue weighted by atomic mass is 9.54. The van der Waals surface area contributed by atoms with Gasteiger partial charge >= 0.3 is 0 Å². The molecule has 2 aliphatic heterocycles. The molecule has 2 nitrogen and oxygen atoms in total. The molecule has 0 radical (unpaired) electrons. The molecule has 11 rings (SSSR count). The van der Waals surface area contributed by atoms with Crippen LogP contribution in [0, 0.1) is 6.92 Å². The van der Waals surface area contributed by atoms with Gasteiger partial charge in [0.05, 0.1) is 11.1 Å². The summed E-state index contributed by atoms with van der Waals surface area (Å²) in [5.41, 5.74) is 21.6. The van der Waals surface area contributed by atoms with E-state index in [1.165, 1.54) is 89.2 Å². The van der Waals surface area contributed by atoms with E-state index in [1.807, 2.05) is 0 Å². The second-order valence-electron chi connectivity index (χ2n) is 15.8. The predicted molar refractivity (Wildman–Crippen MR) is 250 cm³/mol. The van der Waals surface area contributed by atoms with Gasteiger partial charge in [-0.2, -0.15) is 0 Å². The van der Waals surface area contributed by atoms with E-state index in [0.29, 0.717) is 0 Å². The molecule has 0 aliphatic carbocycles. The van der Waals surface area contributed by atoms with Crippen molar-refractivity contribution < 1.29 is 0 Å². The van der Waals surface area contributed by atoms with Gasteiger partial charge < -0.3 is 10.2 Å². The van der Waals surface area contributed by atoms with Crippen LogP contribution in [0.4, 0.5) is 28.4 Å². The van der Waals surface area contributed by atoms with Gasteiger partial charge in [-0.15, -0.1) is 0 Å². The molecule has 278 valence electrons. The Balaban J connectivity index is 1.13. The maximum Gasteiger partial charge on any atom is 0.198 e. The van der Waals surface area contributed by atoms with Crippen LogP contribution < -0.4 is 21.1 Å². The van der Waals surface area contributed by atoms with Gasteiger partial charge in [0.15, 0.2) is 7.28 Å². The van der Waals surface area contributed by atoms with Gasteiger partial charge in [-0.05, 0) is 104 Å². The lowest BCUT2D eigenvalue weighted by Crippen LogP contribution is -2.47. The summed E-state index contributed by atoms with van der Waals surface area (Å²) in [7, 11) is 0.810. The number of rotatable bonds is 7. The van der Waals surface area contributed by atoms with Gasteiger partial charge in [0.25, 0.3) is 0 Å². The van der Waals surface area contributed by atoms with E-state index >= 15 is 0 Å². The summed E-state index contributed by atoms with van der Waals surface area (Å²) in [5, 5.41) is 3.90. The number of para-hydroxylation sites is 2. The summed E-state index contributed by atoms with van der Waals surface area (Å²) in [6, 6.07) is 80.1. The minimum Gasteiger partial charge on any atom is -0.355 e. The number of hydrogen-bond acceptors (Lipinski definition) is 2. The van der Waals surface area contributed by atoms with Crippen LogP contribution in [0.15, 0.2) is 218 Å². The number of nitrogens with zero attached hydrogens (tertiary/aromatic N) is 1. The highest BCUT2D eigenvalue weighted by molar-refractivity contribution is 6.73. The van der Waals surface area contributed by atoms with Gasteiger partial charge in [-0.25, -0.2) is 0 Å². The zero-order valence-corrected chi connectivity index (χ0v) is 32.9. The first-order valence-electron chi connectivity index (χ1n) is 20.6. The topological polar surface area (TPSA) is 15.3 Å². The van der Waals surface area contributed by atoms with E-state index in [4.69, 9.17) is 0 Å². The van der Waals surface area contributed by atoms with Crippen molar-refractivity contribution in [2.24, 2.45) is 0 Å². The first-order chi connectivity index (χ1) is 29.2. The van der Waals surface area contributed by atoms with Crippen molar-refractivity contribution in [2.75, 3.05) is 10.2 Å². The average molecular weight is 753 g/mol. The van der Waals surface area contributed by atoms with E-state index < -0.39 is 5.41 Å². The summed E-state index contributed by atoms with van der Waals surface area (Å²) in [4.78, 5) is 2.58. The van der Waals surface area contributed by atoms with Crippen LogP contribution in [-0.4, -0.2) is 7.28 Å². The minimum atomic E-state index is -0.499. The molecule has 0 saturated carbocycles. The molecule has 9 aromatic carbocycles. The fourth-order valence-electron chi connectivity index (χ4n) is 9.83. The van der Waals surface area contributed by atoms with Crippen molar-refractivity contribution in [3.05, 3.63) is 246 Å². The largest absolute Gasteiger partial charge is 0.355 e. The van der Waals surface area contributed by atoms with Crippen molar-refractivity contribution in [3.63, 3.8) is 0 Å². The van der Waals surface area contributed by atoms with E-state index in [9.17, 15) is 0 Å². The lowest BCUT2D eigenvalue weighted by molar-refractivity contribution is 0.732. The molecule has 0 amide bonds. The minimum absolute atomic E-state index is 0.499. The molecule has 0 saturated heterocycles. The Kier molecular flexibility index (Phi) is 8.41. The Bertz CT molecular complexity index is 2960. The van der Waals surface area contributed by atoms with Crippen LogP contribution in [0.1, 0.15) is 27.8 Å². The van der Waals surface area contributed by atoms with E-state index in [2.05, 4.69) is 236 Å². The highest BCUT2D eigenvalue weighted by Gasteiger charge is 2.48. The van der Waals surface area contributed by atoms with Gasteiger partial charge in [0.1, 0.15) is 0 Å². The third-order valence-corrected chi connectivity index (χ3v) is 12.4. The predicted octanol–water partition coefficient (Wildman–Crippen LogP) is 12.6. The molecule has 0 bridgehead atoms. The molecular weight excluding hydrogens is 711 g/mol. The van der Waals surface area contributed by atoms with Crippen LogP contribution in [0.3, 0.4) is 0 Å². The molecule has 3 heteroatoms. The highest BCUT2D eigenvalue weighted by atomic mass is 15.2. The van der Waals surface area contributed by atoms with Crippen molar-refractivity contribution in [3.8, 4) is 33.4 Å². The van der Waals surface area contributed by atoms with Crippen molar-refractivity contribution in [1.82, 2.24) is 0 Å². The van der Waals surface area contributed by atoms with Crippen LogP contribution >= 0.6 is 0 Å². The van der Waals surface area contributed by atoms with E-state index in [-0.39, 0.29) is 0 Å². The number of fused-ring (bicyclic) bond motifs is 4. The lowest BCUT2D eigenvalue weighted by Gasteiger charge is -2.49. The highest BCUT2D eigenvalue weighted by Crippen LogP contribution is 2.57. The summed E-state index contributed by atoms with van der Waals surface area (Å²) in [5.74, 6) is 0. The molecule has 0 aromatic heterocycles. The molecule has 9 aromatic rings. The summed E-state index contributed by atoms with van der Waals surface area (Å²) >= 11 is 0. The maximum atomic E-state index is 3.90. The van der Waals surface area contributed by atoms with Crippen LogP contribution in [0.25, 0.3) is 33.4 Å². The Morgan fingerprint density at radius 2 is 1.02 bits per heavy atom. The van der Waals surface area contributed by atoms with E-state index in [0.717, 1.165) is 18.7 Å². The first kappa shape index (κ1) is 34.9. The zero-order chi connectivity index (χ0) is 39.3. The summed E-state index contributed by atoms with van der Waals surface area (Å²) in [6.45, 7) is 2.25. The van der Waals surface area contributed by atoms with Gasteiger partial charge in [0.2, 0.25) is 0 Å². The number of benzene rings is 9. The quantitative estimate of drug-likeness (QED) is 0.163. The first-order valence-corrected chi connectivity index (χ1v) is 20.6. The standard InChI is InChI=1S/C56H41BN2/c1-38-34-47(46-37-42(40-20-8-3-9-21-40)32-33-51(46)58-45-27-16-22-41(36-45)39-18-6-2-7-19-39)54-53(35-38)59-52-31-15-14-28-48(52)56(43-23-10-4-11-24-43,44-25-12-5-13-26-44)49-29-17-30-50(57-54)55(49)59/h2-37,57-58H,1H3. The van der Waals surface area contributed by atoms with E-state index in [1.54, 1.807) is 0 Å². The fraction of sp³-hybridized carbons (Fsp3) is 0.0357. The molecule has 2 aliphatic rings. The monoisotopic (exact) mass is 752 g/mol. The zero-order valence-electron chi connectivity index (χ0n) is 32.9. The van der Waals surface area contributed by atoms with Crippen LogP contribution in [0.5, 0.6) is 0 Å². The third-order valence-electron chi connectivity index (χ3n) is 12.4.